The normalized spacial score (nSPS) is 11.3. The number of benzene rings is 4. The molecule has 8 aromatic rings. The maximum Gasteiger partial charge on any atom is 0.164 e. The molecule has 0 aliphatic rings. The van der Waals surface area contributed by atoms with Crippen LogP contribution >= 0.6 is 0 Å². The Morgan fingerprint density at radius 3 is 1.70 bits per heavy atom. The first kappa shape index (κ1) is 24.8. The average Bonchev–Trinajstić information content (AvgIpc) is 3.48. The van der Waals surface area contributed by atoms with Crippen LogP contribution in [0.4, 0.5) is 0 Å². The van der Waals surface area contributed by atoms with E-state index in [9.17, 15) is 0 Å². The zero-order valence-corrected chi connectivity index (χ0v) is 22.9. The lowest BCUT2D eigenvalue weighted by molar-refractivity contribution is 0.669. The van der Waals surface area contributed by atoms with Crippen LogP contribution in [0.1, 0.15) is 0 Å². The molecule has 0 fully saturated rings. The third-order valence-electron chi connectivity index (χ3n) is 7.48. The van der Waals surface area contributed by atoms with Gasteiger partial charge in [-0.2, -0.15) is 0 Å². The monoisotopic (exact) mass is 553 g/mol. The second kappa shape index (κ2) is 10.4. The van der Waals surface area contributed by atoms with Crippen molar-refractivity contribution in [3.63, 3.8) is 0 Å². The van der Waals surface area contributed by atoms with Crippen LogP contribution < -0.4 is 0 Å². The molecule has 8 rings (SSSR count). The van der Waals surface area contributed by atoms with Crippen molar-refractivity contribution < 1.29 is 4.42 Å². The van der Waals surface area contributed by atoms with E-state index in [-0.39, 0.29) is 0 Å². The van der Waals surface area contributed by atoms with E-state index in [1.54, 1.807) is 12.4 Å². The topological polar surface area (TPSA) is 77.6 Å². The standard InChI is InChI=1S/C37H23N5O/c1-3-9-24(10-4-1)35-40-36(25-11-5-2-6-12-25)42-37(41-35)29-16-8-14-27(22-29)26-13-7-15-28(21-26)30-17-20-39-33-31-23-38-19-18-32(31)43-34(30)33/h1-23H. The molecule has 4 aromatic carbocycles. The first-order valence-corrected chi connectivity index (χ1v) is 14.0. The van der Waals surface area contributed by atoms with Crippen molar-refractivity contribution in [1.82, 2.24) is 24.9 Å². The van der Waals surface area contributed by atoms with Crippen LogP contribution in [0.25, 0.3) is 78.5 Å². The number of hydrogen-bond acceptors (Lipinski definition) is 6. The fourth-order valence-electron chi connectivity index (χ4n) is 5.37. The summed E-state index contributed by atoms with van der Waals surface area (Å²) < 4.78 is 6.23. The number of rotatable bonds is 5. The summed E-state index contributed by atoms with van der Waals surface area (Å²) in [5, 5.41) is 0.908. The van der Waals surface area contributed by atoms with Gasteiger partial charge in [-0.05, 0) is 41.0 Å². The lowest BCUT2D eigenvalue weighted by Gasteiger charge is -2.10. The highest BCUT2D eigenvalue weighted by Crippen LogP contribution is 2.36. The summed E-state index contributed by atoms with van der Waals surface area (Å²) in [6.07, 6.45) is 5.35. The van der Waals surface area contributed by atoms with Crippen LogP contribution in [0.5, 0.6) is 0 Å². The lowest BCUT2D eigenvalue weighted by Crippen LogP contribution is -2.00. The highest BCUT2D eigenvalue weighted by molar-refractivity contribution is 6.06. The van der Waals surface area contributed by atoms with E-state index in [1.807, 2.05) is 91.1 Å². The van der Waals surface area contributed by atoms with Crippen molar-refractivity contribution in [2.75, 3.05) is 0 Å². The molecule has 0 radical (unpaired) electrons. The maximum atomic E-state index is 6.23. The van der Waals surface area contributed by atoms with E-state index in [1.165, 1.54) is 0 Å². The van der Waals surface area contributed by atoms with Crippen LogP contribution in [0.2, 0.25) is 0 Å². The molecular formula is C37H23N5O. The quantitative estimate of drug-likeness (QED) is 0.212. The molecule has 0 saturated carbocycles. The fourth-order valence-corrected chi connectivity index (χ4v) is 5.37. The molecule has 0 spiro atoms. The Hall–Kier alpha value is -6.01. The summed E-state index contributed by atoms with van der Waals surface area (Å²) in [7, 11) is 0. The number of pyridine rings is 2. The van der Waals surface area contributed by atoms with Crippen molar-refractivity contribution in [2.45, 2.75) is 0 Å². The summed E-state index contributed by atoms with van der Waals surface area (Å²) in [5.41, 5.74) is 9.29. The lowest BCUT2D eigenvalue weighted by atomic mass is 9.97. The molecule has 4 heterocycles. The van der Waals surface area contributed by atoms with Crippen molar-refractivity contribution in [3.8, 4) is 56.4 Å². The Morgan fingerprint density at radius 1 is 0.465 bits per heavy atom. The fraction of sp³-hybridized carbons (Fsp3) is 0. The molecular weight excluding hydrogens is 530 g/mol. The minimum absolute atomic E-state index is 0.623. The van der Waals surface area contributed by atoms with Gasteiger partial charge in [0.15, 0.2) is 23.1 Å². The minimum atomic E-state index is 0.623. The van der Waals surface area contributed by atoms with Gasteiger partial charge in [0.1, 0.15) is 11.1 Å². The Kier molecular flexibility index (Phi) is 6.01. The van der Waals surface area contributed by atoms with Gasteiger partial charge in [0.05, 0.1) is 5.39 Å². The molecule has 0 bridgehead atoms. The zero-order valence-electron chi connectivity index (χ0n) is 22.9. The van der Waals surface area contributed by atoms with Crippen LogP contribution in [0.3, 0.4) is 0 Å². The maximum absolute atomic E-state index is 6.23. The van der Waals surface area contributed by atoms with Gasteiger partial charge < -0.3 is 4.42 Å². The van der Waals surface area contributed by atoms with E-state index in [0.717, 1.165) is 61.0 Å². The van der Waals surface area contributed by atoms with Crippen molar-refractivity contribution >= 4 is 22.1 Å². The highest BCUT2D eigenvalue weighted by atomic mass is 16.3. The van der Waals surface area contributed by atoms with E-state index in [4.69, 9.17) is 19.4 Å². The number of furan rings is 1. The average molecular weight is 554 g/mol. The molecule has 6 heteroatoms. The molecule has 0 N–H and O–H groups in total. The predicted octanol–water partition coefficient (Wildman–Crippen LogP) is 8.90. The molecule has 6 nitrogen and oxygen atoms in total. The van der Waals surface area contributed by atoms with Gasteiger partial charge in [0.25, 0.3) is 0 Å². The summed E-state index contributed by atoms with van der Waals surface area (Å²) in [5.74, 6) is 1.90. The second-order valence-electron chi connectivity index (χ2n) is 10.2. The summed E-state index contributed by atoms with van der Waals surface area (Å²) in [6.45, 7) is 0. The van der Waals surface area contributed by atoms with E-state index < -0.39 is 0 Å². The first-order chi connectivity index (χ1) is 21.3. The van der Waals surface area contributed by atoms with Crippen LogP contribution in [0.15, 0.2) is 144 Å². The van der Waals surface area contributed by atoms with Crippen molar-refractivity contribution in [1.29, 1.82) is 0 Å². The van der Waals surface area contributed by atoms with Crippen LogP contribution in [-0.2, 0) is 0 Å². The van der Waals surface area contributed by atoms with E-state index in [0.29, 0.717) is 17.5 Å². The molecule has 43 heavy (non-hydrogen) atoms. The van der Waals surface area contributed by atoms with E-state index >= 15 is 0 Å². The Morgan fingerprint density at radius 2 is 1.02 bits per heavy atom. The molecule has 0 amide bonds. The van der Waals surface area contributed by atoms with Gasteiger partial charge in [-0.25, -0.2) is 15.0 Å². The van der Waals surface area contributed by atoms with Gasteiger partial charge in [-0.15, -0.1) is 0 Å². The Balaban J connectivity index is 1.22. The number of fused-ring (bicyclic) bond motifs is 3. The number of aromatic nitrogens is 5. The molecule has 0 atom stereocenters. The second-order valence-corrected chi connectivity index (χ2v) is 10.2. The van der Waals surface area contributed by atoms with Gasteiger partial charge in [-0.1, -0.05) is 97.1 Å². The van der Waals surface area contributed by atoms with Crippen molar-refractivity contribution in [3.05, 3.63) is 140 Å². The smallest absolute Gasteiger partial charge is 0.164 e. The third kappa shape index (κ3) is 4.61. The van der Waals surface area contributed by atoms with Crippen LogP contribution in [-0.4, -0.2) is 24.9 Å². The summed E-state index contributed by atoms with van der Waals surface area (Å²) in [4.78, 5) is 23.5. The Labute approximate surface area is 247 Å². The number of nitrogens with zero attached hydrogens (tertiary/aromatic N) is 5. The van der Waals surface area contributed by atoms with Crippen LogP contribution in [0, 0.1) is 0 Å². The predicted molar refractivity (Wildman–Crippen MR) is 170 cm³/mol. The number of hydrogen-bond donors (Lipinski definition) is 0. The SMILES string of the molecule is c1ccc(-c2nc(-c3ccccc3)nc(-c3cccc(-c4cccc(-c5ccnc6c5oc5ccncc56)c4)c3)n2)cc1. The third-order valence-corrected chi connectivity index (χ3v) is 7.48. The van der Waals surface area contributed by atoms with Gasteiger partial charge in [0, 0.05) is 40.8 Å². The van der Waals surface area contributed by atoms with Crippen molar-refractivity contribution in [2.24, 2.45) is 0 Å². The van der Waals surface area contributed by atoms with Gasteiger partial charge in [0.2, 0.25) is 0 Å². The molecule has 4 aromatic heterocycles. The van der Waals surface area contributed by atoms with E-state index in [2.05, 4.69) is 46.4 Å². The minimum Gasteiger partial charge on any atom is -0.454 e. The molecule has 0 aliphatic carbocycles. The molecule has 0 unspecified atom stereocenters. The largest absolute Gasteiger partial charge is 0.454 e. The molecule has 0 saturated heterocycles. The molecule has 202 valence electrons. The Bertz CT molecular complexity index is 2190. The zero-order chi connectivity index (χ0) is 28.6. The highest BCUT2D eigenvalue weighted by Gasteiger charge is 2.15. The van der Waals surface area contributed by atoms with Gasteiger partial charge in [-0.3, -0.25) is 9.97 Å². The summed E-state index contributed by atoms with van der Waals surface area (Å²) >= 11 is 0. The van der Waals surface area contributed by atoms with Gasteiger partial charge >= 0.3 is 0 Å². The first-order valence-electron chi connectivity index (χ1n) is 14.0. The molecule has 0 aliphatic heterocycles. The summed E-state index contributed by atoms with van der Waals surface area (Å²) in [6, 6.07) is 40.7.